The highest BCUT2D eigenvalue weighted by Crippen LogP contribution is 2.23. The molecule has 2 rings (SSSR count). The van der Waals surface area contributed by atoms with Crippen LogP contribution in [0, 0.1) is 11.3 Å². The van der Waals surface area contributed by atoms with Crippen LogP contribution >= 0.6 is 0 Å². The third kappa shape index (κ3) is 5.48. The number of carbonyl (C=O) groups excluding carboxylic acids is 2. The van der Waals surface area contributed by atoms with Crippen molar-refractivity contribution in [3.63, 3.8) is 0 Å². The van der Waals surface area contributed by atoms with Crippen LogP contribution in [0.5, 0.6) is 0 Å². The van der Waals surface area contributed by atoms with Crippen LogP contribution in [0.15, 0.2) is 24.3 Å². The number of amides is 1. The highest BCUT2D eigenvalue weighted by atomic mass is 16.5. The van der Waals surface area contributed by atoms with Crippen LogP contribution in [0.25, 0.3) is 0 Å². The Hall–Kier alpha value is -2.57. The van der Waals surface area contributed by atoms with E-state index in [1.807, 2.05) is 24.3 Å². The molecule has 1 amide bonds. The molecule has 0 unspecified atom stereocenters. The number of methoxy groups -OCH3 is 1. The number of hydrogen-bond acceptors (Lipinski definition) is 5. The van der Waals surface area contributed by atoms with Crippen LogP contribution in [-0.4, -0.2) is 44.5 Å². The number of esters is 1. The van der Waals surface area contributed by atoms with E-state index in [9.17, 15) is 9.59 Å². The molecule has 1 aliphatic rings. The Kier molecular flexibility index (Phi) is 6.80. The van der Waals surface area contributed by atoms with Crippen molar-refractivity contribution in [2.24, 2.45) is 11.7 Å². The number of hydrogen-bond donors (Lipinski definition) is 3. The molecule has 25 heavy (non-hydrogen) atoms. The van der Waals surface area contributed by atoms with Crippen molar-refractivity contribution in [1.29, 1.82) is 5.41 Å². The minimum atomic E-state index is -0.252. The van der Waals surface area contributed by atoms with Crippen LogP contribution in [0.2, 0.25) is 0 Å². The van der Waals surface area contributed by atoms with E-state index in [-0.39, 0.29) is 23.6 Å². The zero-order chi connectivity index (χ0) is 18.2. The first-order valence-electron chi connectivity index (χ1n) is 8.55. The topological polar surface area (TPSA) is 109 Å². The zero-order valence-electron chi connectivity index (χ0n) is 14.6. The van der Waals surface area contributed by atoms with E-state index in [1.165, 1.54) is 7.11 Å². The predicted octanol–water partition coefficient (Wildman–Crippen LogP) is 1.26. The Balaban J connectivity index is 1.74. The fourth-order valence-electron chi connectivity index (χ4n) is 2.94. The van der Waals surface area contributed by atoms with E-state index < -0.39 is 0 Å². The van der Waals surface area contributed by atoms with Gasteiger partial charge in [-0.25, -0.2) is 0 Å². The molecule has 1 fully saturated rings. The first-order chi connectivity index (χ1) is 12.0. The van der Waals surface area contributed by atoms with Gasteiger partial charge in [-0.15, -0.1) is 0 Å². The molecular formula is C18H26N4O3. The van der Waals surface area contributed by atoms with Gasteiger partial charge in [-0.05, 0) is 43.5 Å². The first-order valence-corrected chi connectivity index (χ1v) is 8.55. The van der Waals surface area contributed by atoms with Gasteiger partial charge in [-0.1, -0.05) is 0 Å². The summed E-state index contributed by atoms with van der Waals surface area (Å²) < 4.78 is 4.57. The van der Waals surface area contributed by atoms with Crippen molar-refractivity contribution in [3.8, 4) is 0 Å². The Morgan fingerprint density at radius 2 is 1.92 bits per heavy atom. The molecule has 4 N–H and O–H groups in total. The van der Waals surface area contributed by atoms with Crippen molar-refractivity contribution in [1.82, 2.24) is 5.32 Å². The van der Waals surface area contributed by atoms with E-state index in [0.717, 1.165) is 31.6 Å². The third-order valence-corrected chi connectivity index (χ3v) is 4.49. The fraction of sp³-hybridized carbons (Fsp3) is 0.500. The Morgan fingerprint density at radius 1 is 1.28 bits per heavy atom. The summed E-state index contributed by atoms with van der Waals surface area (Å²) in [7, 11) is 1.36. The van der Waals surface area contributed by atoms with Crippen molar-refractivity contribution < 1.29 is 14.3 Å². The van der Waals surface area contributed by atoms with Crippen LogP contribution in [-0.2, 0) is 14.3 Å². The summed E-state index contributed by atoms with van der Waals surface area (Å²) in [5.41, 5.74) is 7.27. The van der Waals surface area contributed by atoms with Gasteiger partial charge in [0.1, 0.15) is 5.84 Å². The number of piperidine rings is 1. The number of nitrogens with two attached hydrogens (primary N) is 1. The van der Waals surface area contributed by atoms with Crippen LogP contribution in [0.1, 0.15) is 31.2 Å². The van der Waals surface area contributed by atoms with E-state index in [4.69, 9.17) is 11.1 Å². The first kappa shape index (κ1) is 18.8. The lowest BCUT2D eigenvalue weighted by molar-refractivity contribution is -0.140. The largest absolute Gasteiger partial charge is 0.469 e. The average molecular weight is 346 g/mol. The molecule has 1 aliphatic heterocycles. The molecule has 0 bridgehead atoms. The molecule has 1 aromatic rings. The molecule has 0 aromatic heterocycles. The number of ether oxygens (including phenoxy) is 1. The second kappa shape index (κ2) is 9.05. The van der Waals surface area contributed by atoms with E-state index >= 15 is 0 Å². The molecule has 7 nitrogen and oxygen atoms in total. The Bertz CT molecular complexity index is 607. The molecule has 1 heterocycles. The van der Waals surface area contributed by atoms with Gasteiger partial charge >= 0.3 is 5.97 Å². The van der Waals surface area contributed by atoms with E-state index in [0.29, 0.717) is 24.9 Å². The number of benzene rings is 1. The smallest absolute Gasteiger partial charge is 0.305 e. The molecule has 0 radical (unpaired) electrons. The van der Waals surface area contributed by atoms with Gasteiger partial charge < -0.3 is 20.7 Å². The van der Waals surface area contributed by atoms with Crippen molar-refractivity contribution in [2.45, 2.75) is 25.7 Å². The zero-order valence-corrected chi connectivity index (χ0v) is 14.6. The highest BCUT2D eigenvalue weighted by molar-refractivity contribution is 5.95. The fourth-order valence-corrected chi connectivity index (χ4v) is 2.94. The normalized spacial score (nSPS) is 14.8. The summed E-state index contributed by atoms with van der Waals surface area (Å²) in [4.78, 5) is 25.5. The van der Waals surface area contributed by atoms with Gasteiger partial charge in [-0.3, -0.25) is 15.0 Å². The maximum atomic E-state index is 12.2. The quantitative estimate of drug-likeness (QED) is 0.298. The van der Waals surface area contributed by atoms with Gasteiger partial charge in [0.15, 0.2) is 0 Å². The summed E-state index contributed by atoms with van der Waals surface area (Å²) >= 11 is 0. The Morgan fingerprint density at radius 3 is 2.48 bits per heavy atom. The summed E-state index contributed by atoms with van der Waals surface area (Å²) in [6.07, 6.45) is 2.53. The third-order valence-electron chi connectivity index (χ3n) is 4.49. The number of nitrogens with zero attached hydrogens (tertiary/aromatic N) is 1. The maximum Gasteiger partial charge on any atom is 0.305 e. The number of anilines is 1. The SMILES string of the molecule is COC(=O)CCCNC(=O)C1CCN(c2ccc(C(=N)N)cc2)CC1. The van der Waals surface area contributed by atoms with Crippen LogP contribution in [0.4, 0.5) is 5.69 Å². The lowest BCUT2D eigenvalue weighted by atomic mass is 9.95. The molecular weight excluding hydrogens is 320 g/mol. The van der Waals surface area contributed by atoms with Gasteiger partial charge in [0.2, 0.25) is 5.91 Å². The van der Waals surface area contributed by atoms with Gasteiger partial charge in [0.05, 0.1) is 7.11 Å². The number of carbonyl (C=O) groups is 2. The maximum absolute atomic E-state index is 12.2. The second-order valence-corrected chi connectivity index (χ2v) is 6.19. The van der Waals surface area contributed by atoms with Crippen molar-refractivity contribution in [3.05, 3.63) is 29.8 Å². The molecule has 0 aliphatic carbocycles. The number of nitrogen functional groups attached to an aromatic ring is 1. The lowest BCUT2D eigenvalue weighted by Crippen LogP contribution is -2.40. The molecule has 136 valence electrons. The molecule has 7 heteroatoms. The number of nitrogens with one attached hydrogen (secondary N) is 2. The van der Waals surface area contributed by atoms with Gasteiger partial charge in [-0.2, -0.15) is 0 Å². The molecule has 1 aromatic carbocycles. The molecule has 0 spiro atoms. The van der Waals surface area contributed by atoms with Gasteiger partial charge in [0, 0.05) is 43.2 Å². The van der Waals surface area contributed by atoms with E-state index in [1.54, 1.807) is 0 Å². The molecule has 0 atom stereocenters. The monoisotopic (exact) mass is 346 g/mol. The standard InChI is InChI=1S/C18H26N4O3/c1-25-16(23)3-2-10-21-18(24)14-8-11-22(12-9-14)15-6-4-13(5-7-15)17(19)20/h4-7,14H,2-3,8-12H2,1H3,(H3,19,20)(H,21,24). The molecule has 1 saturated heterocycles. The van der Waals surface area contributed by atoms with Crippen LogP contribution in [0.3, 0.4) is 0 Å². The summed E-state index contributed by atoms with van der Waals surface area (Å²) in [6, 6.07) is 7.61. The van der Waals surface area contributed by atoms with Crippen molar-refractivity contribution >= 4 is 23.4 Å². The highest BCUT2D eigenvalue weighted by Gasteiger charge is 2.24. The predicted molar refractivity (Wildman–Crippen MR) is 96.7 cm³/mol. The summed E-state index contributed by atoms with van der Waals surface area (Å²) in [5, 5.41) is 10.3. The second-order valence-electron chi connectivity index (χ2n) is 6.19. The number of amidine groups is 1. The minimum absolute atomic E-state index is 0.0193. The average Bonchev–Trinajstić information content (AvgIpc) is 2.65. The van der Waals surface area contributed by atoms with Gasteiger partial charge in [0.25, 0.3) is 0 Å². The number of rotatable bonds is 7. The minimum Gasteiger partial charge on any atom is -0.469 e. The van der Waals surface area contributed by atoms with E-state index in [2.05, 4.69) is 15.0 Å². The summed E-state index contributed by atoms with van der Waals surface area (Å²) in [5.74, 6) is -0.102. The summed E-state index contributed by atoms with van der Waals surface area (Å²) in [6.45, 7) is 2.14. The van der Waals surface area contributed by atoms with Crippen molar-refractivity contribution in [2.75, 3.05) is 31.6 Å². The van der Waals surface area contributed by atoms with Crippen LogP contribution < -0.4 is 16.0 Å². The lowest BCUT2D eigenvalue weighted by Gasteiger charge is -2.33. The molecule has 0 saturated carbocycles. The Labute approximate surface area is 148 Å².